The number of nitrogen functional groups attached to an aromatic ring is 1. The number of likely N-dealkylation sites (tertiary alicyclic amines) is 1. The highest BCUT2D eigenvalue weighted by atomic mass is 16.5. The number of nitrogens with zero attached hydrogens (tertiary/aromatic N) is 3. The van der Waals surface area contributed by atoms with Gasteiger partial charge in [-0.2, -0.15) is 4.98 Å². The largest absolute Gasteiger partial charge is 0.381 e. The Hall–Kier alpha value is -1.40. The number of anilines is 2. The number of hydrogen-bond acceptors (Lipinski definition) is 6. The number of nitrogens with two attached hydrogens (primary N) is 1. The zero-order valence-corrected chi connectivity index (χ0v) is 15.1. The normalized spacial score (nSPS) is 26.3. The lowest BCUT2D eigenvalue weighted by atomic mass is 9.95. The van der Waals surface area contributed by atoms with Gasteiger partial charge in [0, 0.05) is 31.2 Å². The van der Waals surface area contributed by atoms with Crippen molar-refractivity contribution in [3.63, 3.8) is 0 Å². The van der Waals surface area contributed by atoms with E-state index in [1.54, 1.807) is 0 Å². The zero-order valence-electron chi connectivity index (χ0n) is 15.1. The van der Waals surface area contributed by atoms with Gasteiger partial charge in [0.2, 0.25) is 5.95 Å². The standard InChI is InChI=1S/C19H31N5O/c20-19-22-17(15-7-10-25-13-15)11-18(23-19)21-12-14-5-8-24(9-6-14)16-3-1-2-4-16/h11,14-16H,1-10,12-13H2,(H3,20,21,22,23). The molecule has 3 N–H and O–H groups in total. The Morgan fingerprint density at radius 1 is 1.12 bits per heavy atom. The first kappa shape index (κ1) is 17.0. The van der Waals surface area contributed by atoms with E-state index < -0.39 is 0 Å². The van der Waals surface area contributed by atoms with E-state index in [1.807, 2.05) is 0 Å². The minimum Gasteiger partial charge on any atom is -0.381 e. The number of nitrogens with one attached hydrogen (secondary N) is 1. The molecule has 0 aromatic carbocycles. The molecule has 3 aliphatic rings. The molecule has 2 aliphatic heterocycles. The van der Waals surface area contributed by atoms with Gasteiger partial charge in [-0.15, -0.1) is 0 Å². The highest BCUT2D eigenvalue weighted by Crippen LogP contribution is 2.29. The van der Waals surface area contributed by atoms with Gasteiger partial charge in [-0.25, -0.2) is 4.98 Å². The van der Waals surface area contributed by atoms with E-state index in [-0.39, 0.29) is 0 Å². The molecule has 0 spiro atoms. The minimum absolute atomic E-state index is 0.362. The van der Waals surface area contributed by atoms with Crippen molar-refractivity contribution in [1.29, 1.82) is 0 Å². The number of rotatable bonds is 5. The third kappa shape index (κ3) is 4.23. The van der Waals surface area contributed by atoms with E-state index in [1.165, 1.54) is 51.6 Å². The molecule has 1 unspecified atom stereocenters. The molecule has 1 atom stereocenters. The number of ether oxygens (including phenoxy) is 1. The first-order valence-electron chi connectivity index (χ1n) is 9.98. The van der Waals surface area contributed by atoms with Crippen LogP contribution in [0.3, 0.4) is 0 Å². The lowest BCUT2D eigenvalue weighted by molar-refractivity contribution is 0.138. The van der Waals surface area contributed by atoms with Crippen LogP contribution in [0.2, 0.25) is 0 Å². The van der Waals surface area contributed by atoms with Crippen LogP contribution < -0.4 is 11.1 Å². The first-order valence-corrected chi connectivity index (χ1v) is 9.98. The average molecular weight is 345 g/mol. The van der Waals surface area contributed by atoms with Crippen LogP contribution in [-0.4, -0.2) is 53.8 Å². The van der Waals surface area contributed by atoms with E-state index in [9.17, 15) is 0 Å². The van der Waals surface area contributed by atoms with Gasteiger partial charge in [0.25, 0.3) is 0 Å². The van der Waals surface area contributed by atoms with Gasteiger partial charge < -0.3 is 20.7 Å². The summed E-state index contributed by atoms with van der Waals surface area (Å²) in [5.41, 5.74) is 6.93. The van der Waals surface area contributed by atoms with Crippen molar-refractivity contribution in [3.8, 4) is 0 Å². The predicted molar refractivity (Wildman–Crippen MR) is 99.7 cm³/mol. The van der Waals surface area contributed by atoms with Gasteiger partial charge in [-0.3, -0.25) is 0 Å². The van der Waals surface area contributed by atoms with Crippen LogP contribution in [0.5, 0.6) is 0 Å². The lowest BCUT2D eigenvalue weighted by Crippen LogP contribution is -2.41. The molecular weight excluding hydrogens is 314 g/mol. The number of aromatic nitrogens is 2. The molecule has 1 aliphatic carbocycles. The van der Waals surface area contributed by atoms with Crippen LogP contribution in [0.15, 0.2) is 6.07 Å². The summed E-state index contributed by atoms with van der Waals surface area (Å²) in [6.45, 7) is 5.06. The van der Waals surface area contributed by atoms with Gasteiger partial charge in [0.1, 0.15) is 5.82 Å². The molecule has 6 heteroatoms. The molecule has 3 fully saturated rings. The topological polar surface area (TPSA) is 76.3 Å². The van der Waals surface area contributed by atoms with Crippen LogP contribution in [0.1, 0.15) is 56.6 Å². The Bertz CT molecular complexity index is 561. The highest BCUT2D eigenvalue weighted by molar-refractivity contribution is 5.41. The third-order valence-corrected chi connectivity index (χ3v) is 6.17. The Kier molecular flexibility index (Phi) is 5.36. The molecule has 0 amide bonds. The average Bonchev–Trinajstić information content (AvgIpc) is 3.33. The Morgan fingerprint density at radius 3 is 2.64 bits per heavy atom. The summed E-state index contributed by atoms with van der Waals surface area (Å²) >= 11 is 0. The maximum atomic E-state index is 5.91. The monoisotopic (exact) mass is 345 g/mol. The maximum absolute atomic E-state index is 5.91. The summed E-state index contributed by atoms with van der Waals surface area (Å²) in [7, 11) is 0. The van der Waals surface area contributed by atoms with Crippen molar-refractivity contribution in [2.75, 3.05) is 43.9 Å². The highest BCUT2D eigenvalue weighted by Gasteiger charge is 2.27. The van der Waals surface area contributed by atoms with Crippen LogP contribution in [0.4, 0.5) is 11.8 Å². The van der Waals surface area contributed by atoms with E-state index >= 15 is 0 Å². The van der Waals surface area contributed by atoms with Crippen LogP contribution >= 0.6 is 0 Å². The predicted octanol–water partition coefficient (Wildman–Crippen LogP) is 2.63. The molecule has 2 saturated heterocycles. The first-order chi connectivity index (χ1) is 12.3. The fourth-order valence-corrected chi connectivity index (χ4v) is 4.59. The molecule has 3 heterocycles. The van der Waals surface area contributed by atoms with Crippen LogP contribution in [0, 0.1) is 5.92 Å². The molecule has 6 nitrogen and oxygen atoms in total. The zero-order chi connectivity index (χ0) is 17.1. The Labute approximate surface area is 150 Å². The fourth-order valence-electron chi connectivity index (χ4n) is 4.59. The van der Waals surface area contributed by atoms with Gasteiger partial charge in [-0.05, 0) is 51.1 Å². The van der Waals surface area contributed by atoms with Gasteiger partial charge in [0.15, 0.2) is 0 Å². The molecular formula is C19H31N5O. The second-order valence-corrected chi connectivity index (χ2v) is 7.90. The molecule has 0 radical (unpaired) electrons. The van der Waals surface area contributed by atoms with Gasteiger partial charge in [-0.1, -0.05) is 12.8 Å². The Balaban J connectivity index is 1.28. The third-order valence-electron chi connectivity index (χ3n) is 6.17. The summed E-state index contributed by atoms with van der Waals surface area (Å²) in [6, 6.07) is 2.93. The molecule has 1 saturated carbocycles. The molecule has 1 aromatic heterocycles. The summed E-state index contributed by atoms with van der Waals surface area (Å²) < 4.78 is 5.47. The quantitative estimate of drug-likeness (QED) is 0.854. The molecule has 25 heavy (non-hydrogen) atoms. The SMILES string of the molecule is Nc1nc(NCC2CCN(C3CCCC3)CC2)cc(C2CCOC2)n1. The van der Waals surface area contributed by atoms with Crippen LogP contribution in [0.25, 0.3) is 0 Å². The van der Waals surface area contributed by atoms with Crippen LogP contribution in [-0.2, 0) is 4.74 Å². The van der Waals surface area contributed by atoms with Gasteiger partial charge >= 0.3 is 0 Å². The molecule has 138 valence electrons. The van der Waals surface area contributed by atoms with E-state index in [2.05, 4.69) is 26.3 Å². The molecule has 1 aromatic rings. The molecule has 0 bridgehead atoms. The number of piperidine rings is 1. The summed E-state index contributed by atoms with van der Waals surface area (Å²) in [4.78, 5) is 11.5. The second-order valence-electron chi connectivity index (χ2n) is 7.90. The lowest BCUT2D eigenvalue weighted by Gasteiger charge is -2.36. The van der Waals surface area contributed by atoms with Crippen molar-refractivity contribution >= 4 is 11.8 Å². The smallest absolute Gasteiger partial charge is 0.222 e. The van der Waals surface area contributed by atoms with Crippen molar-refractivity contribution in [2.45, 2.75) is 56.9 Å². The van der Waals surface area contributed by atoms with E-state index in [4.69, 9.17) is 10.5 Å². The number of hydrogen-bond donors (Lipinski definition) is 2. The summed E-state index contributed by atoms with van der Waals surface area (Å²) in [5.74, 6) is 2.32. The van der Waals surface area contributed by atoms with E-state index in [0.717, 1.165) is 49.7 Å². The Morgan fingerprint density at radius 2 is 1.92 bits per heavy atom. The summed E-state index contributed by atoms with van der Waals surface area (Å²) in [5, 5.41) is 3.51. The van der Waals surface area contributed by atoms with Crippen molar-refractivity contribution in [1.82, 2.24) is 14.9 Å². The van der Waals surface area contributed by atoms with Gasteiger partial charge in [0.05, 0.1) is 12.3 Å². The summed E-state index contributed by atoms with van der Waals surface area (Å²) in [6.07, 6.45) is 9.27. The van der Waals surface area contributed by atoms with Crippen molar-refractivity contribution in [3.05, 3.63) is 11.8 Å². The molecule has 4 rings (SSSR count). The minimum atomic E-state index is 0.362. The van der Waals surface area contributed by atoms with Crippen molar-refractivity contribution in [2.24, 2.45) is 5.92 Å². The van der Waals surface area contributed by atoms with Crippen molar-refractivity contribution < 1.29 is 4.74 Å². The fraction of sp³-hybridized carbons (Fsp3) is 0.789. The maximum Gasteiger partial charge on any atom is 0.222 e. The van der Waals surface area contributed by atoms with E-state index in [0.29, 0.717) is 11.9 Å². The second kappa shape index (κ2) is 7.87.